The van der Waals surface area contributed by atoms with E-state index in [0.717, 1.165) is 5.56 Å². The molecule has 3 rings (SSSR count). The zero-order chi connectivity index (χ0) is 20.0. The smallest absolute Gasteiger partial charge is 0.335 e. The Morgan fingerprint density at radius 3 is 2.04 bits per heavy atom. The van der Waals surface area contributed by atoms with Crippen molar-refractivity contribution in [2.24, 2.45) is 0 Å². The third-order valence-electron chi connectivity index (χ3n) is 3.89. The molecule has 1 aliphatic heterocycles. The SMILES string of the molecule is Cc1ccc(C(=O)O)cc1.O=S(=O)(c1c(Cl)cccc1Cl)N1CCNCC1. The molecule has 0 atom stereocenters. The molecule has 2 N–H and O–H groups in total. The van der Waals surface area contributed by atoms with Crippen LogP contribution in [-0.2, 0) is 10.0 Å². The van der Waals surface area contributed by atoms with Crippen LogP contribution in [0.2, 0.25) is 10.0 Å². The van der Waals surface area contributed by atoms with Crippen LogP contribution in [0.1, 0.15) is 15.9 Å². The number of halogens is 2. The van der Waals surface area contributed by atoms with Gasteiger partial charge in [0, 0.05) is 26.2 Å². The van der Waals surface area contributed by atoms with E-state index in [2.05, 4.69) is 5.32 Å². The second-order valence-corrected chi connectivity index (χ2v) is 8.57. The molecule has 2 aromatic rings. The predicted molar refractivity (Wildman–Crippen MR) is 106 cm³/mol. The molecule has 1 fully saturated rings. The van der Waals surface area contributed by atoms with Crippen LogP contribution in [0.4, 0.5) is 0 Å². The highest BCUT2D eigenvalue weighted by atomic mass is 35.5. The maximum absolute atomic E-state index is 12.4. The van der Waals surface area contributed by atoms with Gasteiger partial charge in [0.15, 0.2) is 0 Å². The van der Waals surface area contributed by atoms with Crippen molar-refractivity contribution < 1.29 is 18.3 Å². The maximum atomic E-state index is 12.4. The Balaban J connectivity index is 0.000000223. The van der Waals surface area contributed by atoms with Gasteiger partial charge in [-0.3, -0.25) is 0 Å². The predicted octanol–water partition coefficient (Wildman–Crippen LogP) is 3.28. The standard InChI is InChI=1S/C10H12Cl2N2O2S.C8H8O2/c11-8-2-1-3-9(12)10(8)17(15,16)14-6-4-13-5-7-14;1-6-2-4-7(5-3-6)8(9)10/h1-3,13H,4-7H2;2-5H,1H3,(H,9,10). The molecule has 0 spiro atoms. The fourth-order valence-corrected chi connectivity index (χ4v) is 4.97. The fraction of sp³-hybridized carbons (Fsp3) is 0.278. The molecular formula is C18H20Cl2N2O4S. The molecule has 0 saturated carbocycles. The summed E-state index contributed by atoms with van der Waals surface area (Å²) in [4.78, 5) is 10.3. The lowest BCUT2D eigenvalue weighted by Gasteiger charge is -2.27. The molecule has 0 radical (unpaired) electrons. The van der Waals surface area contributed by atoms with E-state index in [0.29, 0.717) is 31.7 Å². The number of aromatic carboxylic acids is 1. The summed E-state index contributed by atoms with van der Waals surface area (Å²) >= 11 is 11.9. The summed E-state index contributed by atoms with van der Waals surface area (Å²) in [5.41, 5.74) is 1.41. The Hall–Kier alpha value is -1.64. The number of piperazine rings is 1. The Bertz CT molecular complexity index is 876. The highest BCUT2D eigenvalue weighted by molar-refractivity contribution is 7.89. The Labute approximate surface area is 168 Å². The molecule has 0 aliphatic carbocycles. The maximum Gasteiger partial charge on any atom is 0.335 e. The van der Waals surface area contributed by atoms with Crippen molar-refractivity contribution in [3.8, 4) is 0 Å². The molecule has 27 heavy (non-hydrogen) atoms. The number of nitrogens with zero attached hydrogens (tertiary/aromatic N) is 1. The average Bonchev–Trinajstić information content (AvgIpc) is 2.63. The molecule has 1 aliphatic rings. The molecule has 0 unspecified atom stereocenters. The number of carbonyl (C=O) groups is 1. The summed E-state index contributed by atoms with van der Waals surface area (Å²) in [6.45, 7) is 4.07. The first kappa shape index (κ1) is 21.7. The second-order valence-electron chi connectivity index (χ2n) is 5.88. The largest absolute Gasteiger partial charge is 0.478 e. The third kappa shape index (κ3) is 5.67. The van der Waals surface area contributed by atoms with Crippen molar-refractivity contribution in [2.75, 3.05) is 26.2 Å². The minimum absolute atomic E-state index is 0.00485. The van der Waals surface area contributed by atoms with Crippen molar-refractivity contribution in [1.82, 2.24) is 9.62 Å². The molecule has 6 nitrogen and oxygen atoms in total. The minimum atomic E-state index is -3.59. The van der Waals surface area contributed by atoms with Crippen LogP contribution in [0, 0.1) is 6.92 Å². The van der Waals surface area contributed by atoms with Crippen LogP contribution in [0.15, 0.2) is 47.4 Å². The van der Waals surface area contributed by atoms with Gasteiger partial charge in [0.1, 0.15) is 4.90 Å². The van der Waals surface area contributed by atoms with Gasteiger partial charge in [0.2, 0.25) is 10.0 Å². The summed E-state index contributed by atoms with van der Waals surface area (Å²) in [6.07, 6.45) is 0. The summed E-state index contributed by atoms with van der Waals surface area (Å²) in [5.74, 6) is -0.875. The molecule has 2 aromatic carbocycles. The van der Waals surface area contributed by atoms with Crippen molar-refractivity contribution >= 4 is 39.2 Å². The molecule has 0 bridgehead atoms. The lowest BCUT2D eigenvalue weighted by atomic mass is 10.2. The fourth-order valence-electron chi connectivity index (χ4n) is 2.44. The molecule has 146 valence electrons. The number of sulfonamides is 1. The zero-order valence-corrected chi connectivity index (χ0v) is 17.0. The van der Waals surface area contributed by atoms with Crippen LogP contribution >= 0.6 is 23.2 Å². The van der Waals surface area contributed by atoms with Crippen molar-refractivity contribution in [3.05, 3.63) is 63.6 Å². The number of nitrogens with one attached hydrogen (secondary N) is 1. The van der Waals surface area contributed by atoms with E-state index in [4.69, 9.17) is 28.3 Å². The van der Waals surface area contributed by atoms with Crippen LogP contribution < -0.4 is 5.32 Å². The van der Waals surface area contributed by atoms with Crippen molar-refractivity contribution in [3.63, 3.8) is 0 Å². The van der Waals surface area contributed by atoms with Gasteiger partial charge in [0.05, 0.1) is 15.6 Å². The second kappa shape index (κ2) is 9.52. The summed E-state index contributed by atoms with van der Waals surface area (Å²) in [7, 11) is -3.59. The van der Waals surface area contributed by atoms with E-state index in [1.165, 1.54) is 16.4 Å². The zero-order valence-electron chi connectivity index (χ0n) is 14.7. The van der Waals surface area contributed by atoms with Gasteiger partial charge in [0.25, 0.3) is 0 Å². The van der Waals surface area contributed by atoms with Crippen LogP contribution in [0.5, 0.6) is 0 Å². The number of rotatable bonds is 3. The van der Waals surface area contributed by atoms with Gasteiger partial charge in [-0.25, -0.2) is 13.2 Å². The van der Waals surface area contributed by atoms with Crippen LogP contribution in [0.3, 0.4) is 0 Å². The molecule has 0 aromatic heterocycles. The number of carboxylic acid groups (broad SMARTS) is 1. The first-order valence-electron chi connectivity index (χ1n) is 8.18. The van der Waals surface area contributed by atoms with E-state index < -0.39 is 16.0 Å². The highest BCUT2D eigenvalue weighted by Gasteiger charge is 2.29. The molecule has 9 heteroatoms. The number of carboxylic acids is 1. The summed E-state index contributed by atoms with van der Waals surface area (Å²) in [6, 6.07) is 11.4. The topological polar surface area (TPSA) is 86.7 Å². The number of aryl methyl sites for hydroxylation is 1. The summed E-state index contributed by atoms with van der Waals surface area (Å²) < 4.78 is 26.1. The number of benzene rings is 2. The Morgan fingerprint density at radius 1 is 1.04 bits per heavy atom. The number of hydrogen-bond acceptors (Lipinski definition) is 4. The Morgan fingerprint density at radius 2 is 1.56 bits per heavy atom. The normalized spacial score (nSPS) is 14.9. The van der Waals surface area contributed by atoms with Gasteiger partial charge in [-0.05, 0) is 31.2 Å². The van der Waals surface area contributed by atoms with Gasteiger partial charge >= 0.3 is 5.97 Å². The molecule has 1 heterocycles. The first-order chi connectivity index (χ1) is 12.7. The van der Waals surface area contributed by atoms with Crippen LogP contribution in [0.25, 0.3) is 0 Å². The van der Waals surface area contributed by atoms with Crippen molar-refractivity contribution in [2.45, 2.75) is 11.8 Å². The Kier molecular flexibility index (Phi) is 7.64. The lowest BCUT2D eigenvalue weighted by molar-refractivity contribution is 0.0697. The quantitative estimate of drug-likeness (QED) is 0.779. The minimum Gasteiger partial charge on any atom is -0.478 e. The lowest BCUT2D eigenvalue weighted by Crippen LogP contribution is -2.46. The monoisotopic (exact) mass is 430 g/mol. The van der Waals surface area contributed by atoms with Gasteiger partial charge in [-0.15, -0.1) is 0 Å². The van der Waals surface area contributed by atoms with Crippen LogP contribution in [-0.4, -0.2) is 50.0 Å². The molecule has 1 saturated heterocycles. The average molecular weight is 431 g/mol. The third-order valence-corrected chi connectivity index (χ3v) is 6.75. The van der Waals surface area contributed by atoms with Gasteiger partial charge in [-0.2, -0.15) is 4.31 Å². The van der Waals surface area contributed by atoms with E-state index >= 15 is 0 Å². The summed E-state index contributed by atoms with van der Waals surface area (Å²) in [5, 5.41) is 11.9. The van der Waals surface area contributed by atoms with Gasteiger partial charge in [-0.1, -0.05) is 47.0 Å². The van der Waals surface area contributed by atoms with E-state index in [1.54, 1.807) is 30.3 Å². The molecular weight excluding hydrogens is 411 g/mol. The van der Waals surface area contributed by atoms with E-state index in [1.807, 2.05) is 6.92 Å². The number of hydrogen-bond donors (Lipinski definition) is 2. The van der Waals surface area contributed by atoms with E-state index in [9.17, 15) is 13.2 Å². The van der Waals surface area contributed by atoms with E-state index in [-0.39, 0.29) is 14.9 Å². The highest BCUT2D eigenvalue weighted by Crippen LogP contribution is 2.31. The van der Waals surface area contributed by atoms with Crippen molar-refractivity contribution in [1.29, 1.82) is 0 Å². The molecule has 0 amide bonds. The van der Waals surface area contributed by atoms with Gasteiger partial charge < -0.3 is 10.4 Å². The first-order valence-corrected chi connectivity index (χ1v) is 10.4.